The maximum atomic E-state index is 11.5. The average Bonchev–Trinajstić information content (AvgIpc) is 2.58. The molecule has 5 heteroatoms. The second kappa shape index (κ2) is 4.07. The van der Waals surface area contributed by atoms with Crippen molar-refractivity contribution in [2.24, 2.45) is 0 Å². The number of phenols is 1. The van der Waals surface area contributed by atoms with Crippen LogP contribution in [0.15, 0.2) is 24.3 Å². The zero-order valence-corrected chi connectivity index (χ0v) is 10.4. The van der Waals surface area contributed by atoms with Crippen LogP contribution in [-0.2, 0) is 15.6 Å². The minimum absolute atomic E-state index is 0.0869. The number of fused-ring (bicyclic) bond motifs is 1. The van der Waals surface area contributed by atoms with Gasteiger partial charge in [-0.15, -0.1) is 11.3 Å². The van der Waals surface area contributed by atoms with E-state index in [0.717, 1.165) is 15.0 Å². The van der Waals surface area contributed by atoms with Gasteiger partial charge in [0.25, 0.3) is 0 Å². The van der Waals surface area contributed by atoms with E-state index in [-0.39, 0.29) is 17.3 Å². The Morgan fingerprint density at radius 3 is 2.75 bits per heavy atom. The molecule has 0 saturated carbocycles. The maximum Gasteiger partial charge on any atom is 0.154 e. The molecule has 0 bridgehead atoms. The molecule has 16 heavy (non-hydrogen) atoms. The minimum Gasteiger partial charge on any atom is -0.508 e. The van der Waals surface area contributed by atoms with Crippen LogP contribution in [0.3, 0.4) is 0 Å². The zero-order valence-electron chi connectivity index (χ0n) is 8.80. The van der Waals surface area contributed by atoms with Crippen molar-refractivity contribution in [3.63, 3.8) is 0 Å². The van der Waals surface area contributed by atoms with E-state index in [4.69, 9.17) is 0 Å². The molecule has 0 spiro atoms. The molecule has 0 aliphatic rings. The molecule has 0 aliphatic heterocycles. The molecule has 1 N–H and O–H groups in total. The van der Waals surface area contributed by atoms with Gasteiger partial charge in [-0.2, -0.15) is 0 Å². The highest BCUT2D eigenvalue weighted by Gasteiger charge is 2.11. The SMILES string of the molecule is CCS(=O)(=O)Cc1cc2cc(O)ccc2s1. The summed E-state index contributed by atoms with van der Waals surface area (Å²) >= 11 is 1.46. The monoisotopic (exact) mass is 256 g/mol. The van der Waals surface area contributed by atoms with Gasteiger partial charge in [0.1, 0.15) is 5.75 Å². The van der Waals surface area contributed by atoms with Gasteiger partial charge < -0.3 is 5.11 Å². The first-order chi connectivity index (χ1) is 7.50. The normalized spacial score (nSPS) is 12.1. The van der Waals surface area contributed by atoms with Crippen molar-refractivity contribution < 1.29 is 13.5 Å². The Kier molecular flexibility index (Phi) is 2.90. The molecule has 0 saturated heterocycles. The lowest BCUT2D eigenvalue weighted by molar-refractivity contribution is 0.476. The lowest BCUT2D eigenvalue weighted by atomic mass is 10.2. The molecule has 1 aromatic heterocycles. The van der Waals surface area contributed by atoms with E-state index >= 15 is 0 Å². The van der Waals surface area contributed by atoms with Gasteiger partial charge in [0.05, 0.1) is 5.75 Å². The number of aromatic hydroxyl groups is 1. The number of benzene rings is 1. The van der Waals surface area contributed by atoms with E-state index in [1.54, 1.807) is 25.1 Å². The van der Waals surface area contributed by atoms with Crippen LogP contribution in [-0.4, -0.2) is 19.3 Å². The number of rotatable bonds is 3. The quantitative estimate of drug-likeness (QED) is 0.918. The molecule has 1 heterocycles. The van der Waals surface area contributed by atoms with Crippen LogP contribution in [0.5, 0.6) is 5.75 Å². The molecule has 0 amide bonds. The van der Waals surface area contributed by atoms with E-state index in [1.807, 2.05) is 6.07 Å². The summed E-state index contributed by atoms with van der Waals surface area (Å²) in [7, 11) is -2.98. The van der Waals surface area contributed by atoms with Gasteiger partial charge in [-0.1, -0.05) is 6.92 Å². The fourth-order valence-corrected chi connectivity index (χ4v) is 3.81. The number of hydrogen-bond acceptors (Lipinski definition) is 4. The predicted molar refractivity (Wildman–Crippen MR) is 66.7 cm³/mol. The number of phenolic OH excluding ortho intramolecular Hbond substituents is 1. The third kappa shape index (κ3) is 2.36. The topological polar surface area (TPSA) is 54.4 Å². The van der Waals surface area contributed by atoms with E-state index in [9.17, 15) is 13.5 Å². The van der Waals surface area contributed by atoms with Crippen molar-refractivity contribution in [1.82, 2.24) is 0 Å². The van der Waals surface area contributed by atoms with Gasteiger partial charge in [0.2, 0.25) is 0 Å². The van der Waals surface area contributed by atoms with Crippen LogP contribution in [0.4, 0.5) is 0 Å². The van der Waals surface area contributed by atoms with Crippen LogP contribution < -0.4 is 0 Å². The lowest BCUT2D eigenvalue weighted by Crippen LogP contribution is -2.04. The van der Waals surface area contributed by atoms with Crippen molar-refractivity contribution in [1.29, 1.82) is 0 Å². The Bertz CT molecular complexity index is 611. The molecule has 0 atom stereocenters. The Morgan fingerprint density at radius 2 is 2.06 bits per heavy atom. The van der Waals surface area contributed by atoms with Crippen molar-refractivity contribution in [3.8, 4) is 5.75 Å². The van der Waals surface area contributed by atoms with E-state index in [2.05, 4.69) is 0 Å². The molecule has 86 valence electrons. The number of thiophene rings is 1. The molecular weight excluding hydrogens is 244 g/mol. The Balaban J connectivity index is 2.40. The molecular formula is C11H12O3S2. The molecule has 0 aliphatic carbocycles. The van der Waals surface area contributed by atoms with Crippen LogP contribution in [0.1, 0.15) is 11.8 Å². The van der Waals surface area contributed by atoms with Crippen LogP contribution >= 0.6 is 11.3 Å². The first kappa shape index (κ1) is 11.4. The fraction of sp³-hybridized carbons (Fsp3) is 0.273. The summed E-state index contributed by atoms with van der Waals surface area (Å²) < 4.78 is 23.9. The van der Waals surface area contributed by atoms with Crippen LogP contribution in [0.2, 0.25) is 0 Å². The zero-order chi connectivity index (χ0) is 11.8. The molecule has 1 aromatic carbocycles. The van der Waals surface area contributed by atoms with Crippen LogP contribution in [0.25, 0.3) is 10.1 Å². The molecule has 0 fully saturated rings. The highest BCUT2D eigenvalue weighted by atomic mass is 32.2. The third-order valence-electron chi connectivity index (χ3n) is 2.35. The first-order valence-corrected chi connectivity index (χ1v) is 7.56. The Morgan fingerprint density at radius 1 is 1.31 bits per heavy atom. The van der Waals surface area contributed by atoms with E-state index in [0.29, 0.717) is 0 Å². The van der Waals surface area contributed by atoms with Crippen molar-refractivity contribution in [3.05, 3.63) is 29.1 Å². The summed E-state index contributed by atoms with van der Waals surface area (Å²) in [4.78, 5) is 0.822. The summed E-state index contributed by atoms with van der Waals surface area (Å²) in [5, 5.41) is 10.2. The Hall–Kier alpha value is -1.07. The molecule has 0 radical (unpaired) electrons. The van der Waals surface area contributed by atoms with E-state index in [1.165, 1.54) is 11.3 Å². The van der Waals surface area contributed by atoms with Gasteiger partial charge in [0.15, 0.2) is 9.84 Å². The summed E-state index contributed by atoms with van der Waals surface area (Å²) in [6.07, 6.45) is 0. The summed E-state index contributed by atoms with van der Waals surface area (Å²) in [6, 6.07) is 6.88. The largest absolute Gasteiger partial charge is 0.508 e. The summed E-state index contributed by atoms with van der Waals surface area (Å²) in [5.41, 5.74) is 0. The van der Waals surface area contributed by atoms with Gasteiger partial charge in [-0.3, -0.25) is 0 Å². The van der Waals surface area contributed by atoms with E-state index < -0.39 is 9.84 Å². The van der Waals surface area contributed by atoms with Crippen molar-refractivity contribution in [2.75, 3.05) is 5.75 Å². The highest BCUT2D eigenvalue weighted by Crippen LogP contribution is 2.29. The molecule has 2 rings (SSSR count). The number of sulfone groups is 1. The second-order valence-electron chi connectivity index (χ2n) is 3.61. The fourth-order valence-electron chi connectivity index (χ4n) is 1.48. The molecule has 3 nitrogen and oxygen atoms in total. The van der Waals surface area contributed by atoms with Crippen molar-refractivity contribution in [2.45, 2.75) is 12.7 Å². The van der Waals surface area contributed by atoms with Gasteiger partial charge >= 0.3 is 0 Å². The van der Waals surface area contributed by atoms with Gasteiger partial charge in [-0.05, 0) is 29.7 Å². The maximum absolute atomic E-state index is 11.5. The summed E-state index contributed by atoms with van der Waals surface area (Å²) in [6.45, 7) is 1.65. The first-order valence-electron chi connectivity index (χ1n) is 4.92. The highest BCUT2D eigenvalue weighted by molar-refractivity contribution is 7.90. The standard InChI is InChI=1S/C11H12O3S2/c1-2-16(13,14)7-10-6-8-5-9(12)3-4-11(8)15-10/h3-6,12H,2,7H2,1H3. The smallest absolute Gasteiger partial charge is 0.154 e. The third-order valence-corrected chi connectivity index (χ3v) is 5.28. The molecule has 0 unspecified atom stereocenters. The van der Waals surface area contributed by atoms with Gasteiger partial charge in [0, 0.05) is 15.3 Å². The predicted octanol–water partition coefficient (Wildman–Crippen LogP) is 2.54. The Labute approximate surface area is 98.3 Å². The average molecular weight is 256 g/mol. The van der Waals surface area contributed by atoms with Crippen molar-refractivity contribution >= 4 is 31.3 Å². The molecule has 2 aromatic rings. The minimum atomic E-state index is -2.98. The number of hydrogen-bond donors (Lipinski definition) is 1. The van der Waals surface area contributed by atoms with Gasteiger partial charge in [-0.25, -0.2) is 8.42 Å². The lowest BCUT2D eigenvalue weighted by Gasteiger charge is -1.96. The summed E-state index contributed by atoms with van der Waals surface area (Å²) in [5.74, 6) is 0.450. The van der Waals surface area contributed by atoms with Crippen LogP contribution in [0, 0.1) is 0 Å². The second-order valence-corrected chi connectivity index (χ2v) is 7.13.